The highest BCUT2D eigenvalue weighted by molar-refractivity contribution is 4.87. The Labute approximate surface area is 90.0 Å². The first-order chi connectivity index (χ1) is 7.42. The van der Waals surface area contributed by atoms with E-state index < -0.39 is 0 Å². The van der Waals surface area contributed by atoms with Crippen molar-refractivity contribution in [1.82, 2.24) is 4.90 Å². The van der Waals surface area contributed by atoms with Crippen LogP contribution >= 0.6 is 0 Å². The van der Waals surface area contributed by atoms with Crippen LogP contribution in [0.15, 0.2) is 5.11 Å². The number of rotatable bonds is 3. The summed E-state index contributed by atoms with van der Waals surface area (Å²) < 4.78 is 5.60. The van der Waals surface area contributed by atoms with E-state index in [2.05, 4.69) is 14.9 Å². The van der Waals surface area contributed by atoms with Gasteiger partial charge in [-0.15, -0.1) is 0 Å². The van der Waals surface area contributed by atoms with Crippen molar-refractivity contribution >= 4 is 0 Å². The Morgan fingerprint density at radius 2 is 2.40 bits per heavy atom. The third-order valence-electron chi connectivity index (χ3n) is 3.49. The van der Waals surface area contributed by atoms with Crippen molar-refractivity contribution in [3.8, 4) is 0 Å². The fraction of sp³-hybridized carbons (Fsp3) is 1.00. The molecule has 0 aromatic rings. The van der Waals surface area contributed by atoms with Gasteiger partial charge in [-0.05, 0) is 24.3 Å². The Hall–Kier alpha value is -0.770. The molecule has 2 fully saturated rings. The van der Waals surface area contributed by atoms with Crippen LogP contribution in [0.2, 0.25) is 0 Å². The summed E-state index contributed by atoms with van der Waals surface area (Å²) in [6.45, 7) is 4.20. The first-order valence-corrected chi connectivity index (χ1v) is 5.74. The van der Waals surface area contributed by atoms with Crippen LogP contribution in [-0.2, 0) is 4.74 Å². The van der Waals surface area contributed by atoms with Gasteiger partial charge in [0.05, 0.1) is 13.2 Å². The molecule has 1 aliphatic carbocycles. The molecule has 1 saturated heterocycles. The molecule has 0 aromatic heterocycles. The van der Waals surface area contributed by atoms with Gasteiger partial charge in [0.2, 0.25) is 0 Å². The van der Waals surface area contributed by atoms with Crippen LogP contribution in [0.25, 0.3) is 10.4 Å². The van der Waals surface area contributed by atoms with Gasteiger partial charge in [0.1, 0.15) is 0 Å². The monoisotopic (exact) mass is 210 g/mol. The van der Waals surface area contributed by atoms with Crippen molar-refractivity contribution in [2.24, 2.45) is 11.0 Å². The minimum atomic E-state index is 0.583. The lowest BCUT2D eigenvalue weighted by molar-refractivity contribution is 0.120. The lowest BCUT2D eigenvalue weighted by Crippen LogP contribution is -2.39. The Balaban J connectivity index is 1.91. The number of azide groups is 1. The van der Waals surface area contributed by atoms with E-state index in [1.165, 1.54) is 19.3 Å². The maximum atomic E-state index is 8.25. The quantitative estimate of drug-likeness (QED) is 0.405. The van der Waals surface area contributed by atoms with Gasteiger partial charge < -0.3 is 4.74 Å². The molecule has 2 atom stereocenters. The van der Waals surface area contributed by atoms with Crippen molar-refractivity contribution < 1.29 is 4.74 Å². The fourth-order valence-corrected chi connectivity index (χ4v) is 2.77. The summed E-state index contributed by atoms with van der Waals surface area (Å²) in [5.41, 5.74) is 8.25. The van der Waals surface area contributed by atoms with Crippen LogP contribution in [0.3, 0.4) is 0 Å². The third-order valence-corrected chi connectivity index (χ3v) is 3.49. The summed E-state index contributed by atoms with van der Waals surface area (Å²) >= 11 is 0. The number of hydrogen-bond acceptors (Lipinski definition) is 3. The highest BCUT2D eigenvalue weighted by Gasteiger charge is 2.33. The molecule has 0 bridgehead atoms. The van der Waals surface area contributed by atoms with Gasteiger partial charge in [0.15, 0.2) is 0 Å². The predicted octanol–water partition coefficient (Wildman–Crippen LogP) is 1.80. The minimum absolute atomic E-state index is 0.583. The van der Waals surface area contributed by atoms with E-state index in [0.29, 0.717) is 18.5 Å². The number of ether oxygens (including phenoxy) is 1. The molecule has 1 aliphatic heterocycles. The molecule has 0 N–H and O–H groups in total. The molecule has 1 heterocycles. The average molecular weight is 210 g/mol. The topological polar surface area (TPSA) is 61.2 Å². The van der Waals surface area contributed by atoms with Gasteiger partial charge >= 0.3 is 0 Å². The highest BCUT2D eigenvalue weighted by atomic mass is 16.5. The average Bonchev–Trinajstić information content (AvgIpc) is 2.63. The fourth-order valence-electron chi connectivity index (χ4n) is 2.77. The second-order valence-corrected chi connectivity index (χ2v) is 4.32. The second kappa shape index (κ2) is 5.35. The molecule has 0 unspecified atom stereocenters. The zero-order valence-electron chi connectivity index (χ0n) is 9.01. The molecule has 2 aliphatic rings. The first-order valence-electron chi connectivity index (χ1n) is 5.74. The number of nitrogens with zero attached hydrogens (tertiary/aromatic N) is 4. The normalized spacial score (nSPS) is 31.7. The van der Waals surface area contributed by atoms with E-state index >= 15 is 0 Å². The first kappa shape index (κ1) is 10.7. The Bertz CT molecular complexity index is 252. The lowest BCUT2D eigenvalue weighted by atomic mass is 10.0. The Morgan fingerprint density at radius 1 is 1.47 bits per heavy atom. The second-order valence-electron chi connectivity index (χ2n) is 4.32. The predicted molar refractivity (Wildman–Crippen MR) is 57.5 cm³/mol. The third kappa shape index (κ3) is 2.62. The summed E-state index contributed by atoms with van der Waals surface area (Å²) in [4.78, 5) is 5.24. The molecule has 0 aromatic carbocycles. The maximum absolute atomic E-state index is 8.25. The van der Waals surface area contributed by atoms with Gasteiger partial charge in [-0.25, -0.2) is 0 Å². The highest BCUT2D eigenvalue weighted by Crippen LogP contribution is 2.31. The maximum Gasteiger partial charge on any atom is 0.0593 e. The van der Waals surface area contributed by atoms with Gasteiger partial charge in [-0.3, -0.25) is 4.90 Å². The number of hydrogen-bond donors (Lipinski definition) is 0. The summed E-state index contributed by atoms with van der Waals surface area (Å²) in [6.07, 6.45) is 3.89. The van der Waals surface area contributed by atoms with Gasteiger partial charge in [0.25, 0.3) is 0 Å². The van der Waals surface area contributed by atoms with Gasteiger partial charge in [0, 0.05) is 30.6 Å². The van der Waals surface area contributed by atoms with Crippen LogP contribution < -0.4 is 0 Å². The van der Waals surface area contributed by atoms with Crippen LogP contribution in [0.1, 0.15) is 19.3 Å². The largest absolute Gasteiger partial charge is 0.380 e. The van der Waals surface area contributed by atoms with Crippen LogP contribution in [0, 0.1) is 5.92 Å². The molecule has 0 radical (unpaired) electrons. The van der Waals surface area contributed by atoms with E-state index in [-0.39, 0.29) is 0 Å². The van der Waals surface area contributed by atoms with Gasteiger partial charge in [-0.2, -0.15) is 0 Å². The van der Waals surface area contributed by atoms with E-state index in [0.717, 1.165) is 26.3 Å². The molecule has 84 valence electrons. The molecule has 0 spiro atoms. The van der Waals surface area contributed by atoms with E-state index in [9.17, 15) is 0 Å². The van der Waals surface area contributed by atoms with E-state index in [1.54, 1.807) is 0 Å². The molecule has 0 amide bonds. The SMILES string of the molecule is [N-]=[N+]=NCCN1CCOC[C@H]2CCC[C@H]21. The molecular formula is C10H18N4O. The van der Waals surface area contributed by atoms with Crippen LogP contribution in [-0.4, -0.2) is 43.8 Å². The van der Waals surface area contributed by atoms with Crippen molar-refractivity contribution in [1.29, 1.82) is 0 Å². The summed E-state index contributed by atoms with van der Waals surface area (Å²) in [5.74, 6) is 0.707. The Kier molecular flexibility index (Phi) is 3.83. The number of fused-ring (bicyclic) bond motifs is 1. The molecule has 5 heteroatoms. The van der Waals surface area contributed by atoms with Crippen molar-refractivity contribution in [2.45, 2.75) is 25.3 Å². The molecule has 1 saturated carbocycles. The van der Waals surface area contributed by atoms with Crippen molar-refractivity contribution in [3.05, 3.63) is 10.4 Å². The zero-order valence-corrected chi connectivity index (χ0v) is 9.01. The Morgan fingerprint density at radius 3 is 3.27 bits per heavy atom. The zero-order chi connectivity index (χ0) is 10.5. The van der Waals surface area contributed by atoms with Crippen molar-refractivity contribution in [3.63, 3.8) is 0 Å². The van der Waals surface area contributed by atoms with Crippen molar-refractivity contribution in [2.75, 3.05) is 32.8 Å². The molecular weight excluding hydrogens is 192 g/mol. The molecule has 5 nitrogen and oxygen atoms in total. The van der Waals surface area contributed by atoms with E-state index in [1.807, 2.05) is 0 Å². The van der Waals surface area contributed by atoms with Crippen LogP contribution in [0.4, 0.5) is 0 Å². The van der Waals surface area contributed by atoms with E-state index in [4.69, 9.17) is 10.3 Å². The van der Waals surface area contributed by atoms with Gasteiger partial charge in [-0.1, -0.05) is 11.5 Å². The summed E-state index contributed by atoms with van der Waals surface area (Å²) in [7, 11) is 0. The summed E-state index contributed by atoms with van der Waals surface area (Å²) in [5, 5.41) is 3.61. The summed E-state index contributed by atoms with van der Waals surface area (Å²) in [6, 6.07) is 0.668. The lowest BCUT2D eigenvalue weighted by Gasteiger charge is -2.29. The standard InChI is InChI=1S/C10H18N4O/c11-13-12-4-5-14-6-7-15-8-9-2-1-3-10(9)14/h9-10H,1-8H2/t9-,10-/m1/s1. The smallest absolute Gasteiger partial charge is 0.0593 e. The molecule has 2 rings (SSSR count). The minimum Gasteiger partial charge on any atom is -0.380 e. The molecule has 15 heavy (non-hydrogen) atoms. The van der Waals surface area contributed by atoms with Crippen LogP contribution in [0.5, 0.6) is 0 Å².